The van der Waals surface area contributed by atoms with E-state index in [-0.39, 0.29) is 5.91 Å². The average Bonchev–Trinajstić information content (AvgIpc) is 2.83. The van der Waals surface area contributed by atoms with E-state index in [1.165, 1.54) is 0 Å². The monoisotopic (exact) mass is 369 g/mol. The van der Waals surface area contributed by atoms with Crippen molar-refractivity contribution in [2.75, 3.05) is 27.3 Å². The number of ether oxygens (including phenoxy) is 1. The van der Waals surface area contributed by atoms with E-state index in [0.717, 1.165) is 12.0 Å². The van der Waals surface area contributed by atoms with Crippen LogP contribution in [0, 0.1) is 6.92 Å². The van der Waals surface area contributed by atoms with Crippen LogP contribution in [0.15, 0.2) is 24.3 Å². The molecule has 0 fully saturated rings. The molecule has 1 aromatic heterocycles. The van der Waals surface area contributed by atoms with E-state index in [4.69, 9.17) is 27.9 Å². The summed E-state index contributed by atoms with van der Waals surface area (Å²) < 4.78 is 6.62. The summed E-state index contributed by atoms with van der Waals surface area (Å²) in [6.45, 7) is 3.40. The molecule has 0 aliphatic carbocycles. The van der Waals surface area contributed by atoms with Crippen molar-refractivity contribution in [2.45, 2.75) is 19.9 Å². The Labute approximate surface area is 152 Å². The van der Waals surface area contributed by atoms with Crippen LogP contribution in [0.5, 0.6) is 0 Å². The molecule has 0 bridgehead atoms. The summed E-state index contributed by atoms with van der Waals surface area (Å²) in [6, 6.07) is 7.50. The molecule has 0 saturated carbocycles. The van der Waals surface area contributed by atoms with Gasteiger partial charge in [0.15, 0.2) is 0 Å². The van der Waals surface area contributed by atoms with E-state index < -0.39 is 0 Å². The molecule has 1 amide bonds. The number of methoxy groups -OCH3 is 1. The van der Waals surface area contributed by atoms with Crippen LogP contribution in [0.3, 0.4) is 0 Å². The number of aromatic nitrogens is 2. The second-order valence-electron chi connectivity index (χ2n) is 5.57. The fraction of sp³-hybridized carbons (Fsp3) is 0.412. The molecule has 0 saturated heterocycles. The van der Waals surface area contributed by atoms with E-state index in [9.17, 15) is 4.79 Å². The van der Waals surface area contributed by atoms with Gasteiger partial charge in [-0.1, -0.05) is 41.4 Å². The molecule has 1 aromatic carbocycles. The van der Waals surface area contributed by atoms with Gasteiger partial charge >= 0.3 is 0 Å². The smallest absolute Gasteiger partial charge is 0.258 e. The van der Waals surface area contributed by atoms with Crippen molar-refractivity contribution < 1.29 is 9.53 Å². The van der Waals surface area contributed by atoms with Crippen molar-refractivity contribution in [2.24, 2.45) is 0 Å². The van der Waals surface area contributed by atoms with Gasteiger partial charge in [0.25, 0.3) is 5.91 Å². The van der Waals surface area contributed by atoms with Gasteiger partial charge in [-0.25, -0.2) is 4.68 Å². The zero-order chi connectivity index (χ0) is 17.7. The van der Waals surface area contributed by atoms with E-state index in [0.29, 0.717) is 41.1 Å². The molecule has 0 aliphatic heterocycles. The van der Waals surface area contributed by atoms with Gasteiger partial charge in [-0.3, -0.25) is 4.79 Å². The highest BCUT2D eigenvalue weighted by Crippen LogP contribution is 2.24. The number of hydrogen-bond acceptors (Lipinski definition) is 3. The molecule has 0 N–H and O–H groups in total. The Hall–Kier alpha value is -1.56. The van der Waals surface area contributed by atoms with E-state index in [1.807, 2.05) is 24.3 Å². The topological polar surface area (TPSA) is 47.4 Å². The molecule has 2 rings (SSSR count). The third-order valence-corrected chi connectivity index (χ3v) is 4.50. The predicted molar refractivity (Wildman–Crippen MR) is 96.0 cm³/mol. The van der Waals surface area contributed by atoms with E-state index >= 15 is 0 Å². The molecule has 2 aromatic rings. The largest absolute Gasteiger partial charge is 0.385 e. The van der Waals surface area contributed by atoms with E-state index in [1.54, 1.807) is 30.7 Å². The normalized spacial score (nSPS) is 10.9. The quantitative estimate of drug-likeness (QED) is 0.699. The molecule has 0 radical (unpaired) electrons. The van der Waals surface area contributed by atoms with Gasteiger partial charge in [0.1, 0.15) is 5.15 Å². The van der Waals surface area contributed by atoms with Crippen molar-refractivity contribution in [3.8, 4) is 0 Å². The number of benzene rings is 1. The number of rotatable bonds is 7. The zero-order valence-corrected chi connectivity index (χ0v) is 15.6. The summed E-state index contributed by atoms with van der Waals surface area (Å²) in [6.07, 6.45) is 0.767. The summed E-state index contributed by atoms with van der Waals surface area (Å²) in [4.78, 5) is 14.3. The van der Waals surface area contributed by atoms with Gasteiger partial charge in [0, 0.05) is 32.3 Å². The lowest BCUT2D eigenvalue weighted by molar-refractivity contribution is 0.0778. The maximum absolute atomic E-state index is 12.6. The Kier molecular flexibility index (Phi) is 6.66. The van der Waals surface area contributed by atoms with Crippen LogP contribution in [0.4, 0.5) is 0 Å². The highest BCUT2D eigenvalue weighted by Gasteiger charge is 2.23. The number of amides is 1. The molecule has 0 atom stereocenters. The van der Waals surface area contributed by atoms with Gasteiger partial charge < -0.3 is 9.64 Å². The minimum atomic E-state index is -0.140. The zero-order valence-electron chi connectivity index (χ0n) is 14.1. The molecule has 24 heavy (non-hydrogen) atoms. The van der Waals surface area contributed by atoms with Crippen LogP contribution in [0.1, 0.15) is 28.0 Å². The van der Waals surface area contributed by atoms with E-state index in [2.05, 4.69) is 5.10 Å². The number of hydrogen-bond donors (Lipinski definition) is 0. The van der Waals surface area contributed by atoms with Crippen LogP contribution in [-0.2, 0) is 11.3 Å². The Morgan fingerprint density at radius 3 is 2.71 bits per heavy atom. The van der Waals surface area contributed by atoms with Crippen LogP contribution in [0.2, 0.25) is 10.2 Å². The SMILES string of the molecule is COCCCN(C)C(=O)c1c(C)nn(Cc2ccccc2Cl)c1Cl. The average molecular weight is 370 g/mol. The lowest BCUT2D eigenvalue weighted by atomic mass is 10.2. The standard InChI is InChI=1S/C17H21Cl2N3O2/c1-12-15(17(23)21(2)9-6-10-24-3)16(19)22(20-12)11-13-7-4-5-8-14(13)18/h4-5,7-8H,6,9-11H2,1-3H3. The first-order valence-electron chi connectivity index (χ1n) is 7.66. The van der Waals surface area contributed by atoms with Crippen molar-refractivity contribution in [3.63, 3.8) is 0 Å². The summed E-state index contributed by atoms with van der Waals surface area (Å²) in [5.74, 6) is -0.140. The molecule has 1 heterocycles. The number of carbonyl (C=O) groups excluding carboxylic acids is 1. The van der Waals surface area contributed by atoms with Gasteiger partial charge in [0.05, 0.1) is 17.8 Å². The number of halogens is 2. The first-order chi connectivity index (χ1) is 11.5. The molecule has 5 nitrogen and oxygen atoms in total. The van der Waals surface area contributed by atoms with Crippen molar-refractivity contribution in [3.05, 3.63) is 51.3 Å². The highest BCUT2D eigenvalue weighted by molar-refractivity contribution is 6.33. The summed E-state index contributed by atoms with van der Waals surface area (Å²) in [5.41, 5.74) is 1.94. The molecule has 0 spiro atoms. The maximum Gasteiger partial charge on any atom is 0.258 e. The fourth-order valence-corrected chi connectivity index (χ4v) is 2.94. The minimum Gasteiger partial charge on any atom is -0.385 e. The minimum absolute atomic E-state index is 0.140. The van der Waals surface area contributed by atoms with Gasteiger partial charge in [-0.05, 0) is 25.0 Å². The fourth-order valence-electron chi connectivity index (χ4n) is 2.43. The van der Waals surface area contributed by atoms with Crippen molar-refractivity contribution in [1.82, 2.24) is 14.7 Å². The van der Waals surface area contributed by atoms with Crippen molar-refractivity contribution >= 4 is 29.1 Å². The molecule has 130 valence electrons. The molecule has 7 heteroatoms. The Morgan fingerprint density at radius 1 is 1.33 bits per heavy atom. The van der Waals surface area contributed by atoms with Gasteiger partial charge in [-0.15, -0.1) is 0 Å². The summed E-state index contributed by atoms with van der Waals surface area (Å²) in [7, 11) is 3.39. The van der Waals surface area contributed by atoms with Crippen LogP contribution >= 0.6 is 23.2 Å². The maximum atomic E-state index is 12.6. The summed E-state index contributed by atoms with van der Waals surface area (Å²) >= 11 is 12.6. The lowest BCUT2D eigenvalue weighted by Crippen LogP contribution is -2.29. The highest BCUT2D eigenvalue weighted by atomic mass is 35.5. The number of aryl methyl sites for hydroxylation is 1. The van der Waals surface area contributed by atoms with Crippen molar-refractivity contribution in [1.29, 1.82) is 0 Å². The predicted octanol–water partition coefficient (Wildman–Crippen LogP) is 3.66. The Morgan fingerprint density at radius 2 is 2.04 bits per heavy atom. The second-order valence-corrected chi connectivity index (χ2v) is 6.34. The Balaban J connectivity index is 2.19. The number of nitrogens with zero attached hydrogens (tertiary/aromatic N) is 3. The van der Waals surface area contributed by atoms with Gasteiger partial charge in [-0.2, -0.15) is 5.10 Å². The van der Waals surface area contributed by atoms with Crippen LogP contribution < -0.4 is 0 Å². The molecule has 0 unspecified atom stereocenters. The van der Waals surface area contributed by atoms with Crippen LogP contribution in [-0.4, -0.2) is 47.9 Å². The summed E-state index contributed by atoms with van der Waals surface area (Å²) in [5, 5.41) is 5.37. The Bertz CT molecular complexity index is 716. The third-order valence-electron chi connectivity index (χ3n) is 3.75. The molecule has 0 aliphatic rings. The first-order valence-corrected chi connectivity index (χ1v) is 8.42. The molecular weight excluding hydrogens is 349 g/mol. The second kappa shape index (κ2) is 8.51. The molecular formula is C17H21Cl2N3O2. The third kappa shape index (κ3) is 4.29. The van der Waals surface area contributed by atoms with Crippen LogP contribution in [0.25, 0.3) is 0 Å². The first kappa shape index (κ1) is 18.8. The number of carbonyl (C=O) groups is 1. The lowest BCUT2D eigenvalue weighted by Gasteiger charge is -2.16. The van der Waals surface area contributed by atoms with Gasteiger partial charge in [0.2, 0.25) is 0 Å².